The van der Waals surface area contributed by atoms with Crippen molar-refractivity contribution in [3.05, 3.63) is 64.6 Å². The van der Waals surface area contributed by atoms with E-state index in [0.717, 1.165) is 16.7 Å². The van der Waals surface area contributed by atoms with Gasteiger partial charge in [-0.1, -0.05) is 6.07 Å². The van der Waals surface area contributed by atoms with Crippen molar-refractivity contribution in [2.45, 2.75) is 6.18 Å². The van der Waals surface area contributed by atoms with Crippen molar-refractivity contribution in [3.63, 3.8) is 0 Å². The maximum Gasteiger partial charge on any atom is 0.416 e. The summed E-state index contributed by atoms with van der Waals surface area (Å²) >= 11 is 0. The molecule has 0 atom stereocenters. The quantitative estimate of drug-likeness (QED) is 0.727. The number of pyridine rings is 2. The monoisotopic (exact) mass is 320 g/mol. The predicted octanol–water partition coefficient (Wildman–Crippen LogP) is 3.41. The Morgan fingerprint density at radius 3 is 2.61 bits per heavy atom. The van der Waals surface area contributed by atoms with E-state index >= 15 is 0 Å². The van der Waals surface area contributed by atoms with E-state index in [1.165, 1.54) is 31.5 Å². The first-order valence-electron chi connectivity index (χ1n) is 6.64. The molecule has 118 valence electrons. The minimum Gasteiger partial charge on any atom is -0.491 e. The highest BCUT2D eigenvalue weighted by Gasteiger charge is 2.30. The van der Waals surface area contributed by atoms with Crippen LogP contribution in [0.5, 0.6) is 5.75 Å². The number of nitrogens with zero attached hydrogens (tertiary/aromatic N) is 2. The van der Waals surface area contributed by atoms with Gasteiger partial charge in [0.2, 0.25) is 0 Å². The van der Waals surface area contributed by atoms with Crippen molar-refractivity contribution in [1.29, 1.82) is 0 Å². The number of methoxy groups -OCH3 is 1. The Morgan fingerprint density at radius 2 is 1.91 bits per heavy atom. The van der Waals surface area contributed by atoms with Crippen molar-refractivity contribution >= 4 is 11.0 Å². The Bertz CT molecular complexity index is 932. The van der Waals surface area contributed by atoms with Crippen molar-refractivity contribution < 1.29 is 17.9 Å². The van der Waals surface area contributed by atoms with Gasteiger partial charge in [0.25, 0.3) is 5.56 Å². The zero-order valence-electron chi connectivity index (χ0n) is 12.0. The molecular weight excluding hydrogens is 309 g/mol. The van der Waals surface area contributed by atoms with Gasteiger partial charge in [-0.2, -0.15) is 13.2 Å². The lowest BCUT2D eigenvalue weighted by Crippen LogP contribution is -2.21. The number of fused-ring (bicyclic) bond motifs is 1. The first-order chi connectivity index (χ1) is 10.9. The fourth-order valence-electron chi connectivity index (χ4n) is 2.33. The minimum absolute atomic E-state index is 0.0305. The van der Waals surface area contributed by atoms with E-state index in [1.54, 1.807) is 12.1 Å². The van der Waals surface area contributed by atoms with Crippen LogP contribution >= 0.6 is 0 Å². The predicted molar refractivity (Wildman–Crippen MR) is 78.9 cm³/mol. The number of benzene rings is 1. The van der Waals surface area contributed by atoms with Crippen LogP contribution in [0.4, 0.5) is 13.2 Å². The topological polar surface area (TPSA) is 44.1 Å². The average molecular weight is 320 g/mol. The van der Waals surface area contributed by atoms with Crippen LogP contribution in [0.3, 0.4) is 0 Å². The second-order valence-corrected chi connectivity index (χ2v) is 4.82. The lowest BCUT2D eigenvalue weighted by Gasteiger charge is -2.13. The summed E-state index contributed by atoms with van der Waals surface area (Å²) < 4.78 is 44.9. The number of ether oxygens (including phenoxy) is 1. The molecule has 4 nitrogen and oxygen atoms in total. The van der Waals surface area contributed by atoms with Gasteiger partial charge in [0.1, 0.15) is 5.65 Å². The Hall–Kier alpha value is -2.83. The molecule has 0 unspecified atom stereocenters. The van der Waals surface area contributed by atoms with Crippen molar-refractivity contribution in [1.82, 2.24) is 9.55 Å². The number of halogens is 3. The van der Waals surface area contributed by atoms with E-state index in [9.17, 15) is 18.0 Å². The number of alkyl halides is 3. The summed E-state index contributed by atoms with van der Waals surface area (Å²) in [6.45, 7) is 0. The first-order valence-corrected chi connectivity index (χ1v) is 6.64. The third-order valence-electron chi connectivity index (χ3n) is 3.38. The van der Waals surface area contributed by atoms with Gasteiger partial charge >= 0.3 is 6.18 Å². The summed E-state index contributed by atoms with van der Waals surface area (Å²) in [5.74, 6) is 0.0305. The molecule has 0 spiro atoms. The standard InChI is InChI=1S/C16H11F3N2O2/c1-23-13-8-10-4-3-7-20-14(10)21(15(13)22)12-6-2-5-11(9-12)16(17,18)19/h2-9H,1H3. The molecular formula is C16H11F3N2O2. The van der Waals surface area contributed by atoms with Crippen molar-refractivity contribution in [2.75, 3.05) is 7.11 Å². The highest BCUT2D eigenvalue weighted by molar-refractivity contribution is 5.78. The summed E-state index contributed by atoms with van der Waals surface area (Å²) in [5, 5.41) is 0.585. The molecule has 3 aromatic rings. The van der Waals surface area contributed by atoms with Gasteiger partial charge in [-0.3, -0.25) is 9.36 Å². The maximum absolute atomic E-state index is 12.9. The second-order valence-electron chi connectivity index (χ2n) is 4.82. The Labute approximate surface area is 128 Å². The molecule has 0 fully saturated rings. The van der Waals surface area contributed by atoms with Crippen LogP contribution in [-0.4, -0.2) is 16.7 Å². The normalized spacial score (nSPS) is 11.7. The number of hydrogen-bond donors (Lipinski definition) is 0. The minimum atomic E-state index is -4.50. The van der Waals surface area contributed by atoms with E-state index < -0.39 is 17.3 Å². The highest BCUT2D eigenvalue weighted by Crippen LogP contribution is 2.30. The summed E-state index contributed by atoms with van der Waals surface area (Å²) in [6.07, 6.45) is -3.03. The highest BCUT2D eigenvalue weighted by atomic mass is 19.4. The molecule has 0 amide bonds. The van der Waals surface area contributed by atoms with Crippen LogP contribution in [0.1, 0.15) is 5.56 Å². The molecule has 7 heteroatoms. The van der Waals surface area contributed by atoms with E-state index in [1.807, 2.05) is 0 Å². The summed E-state index contributed by atoms with van der Waals surface area (Å²) in [6, 6.07) is 9.41. The molecule has 3 rings (SSSR count). The van der Waals surface area contributed by atoms with E-state index in [2.05, 4.69) is 4.98 Å². The molecule has 0 saturated carbocycles. The summed E-state index contributed by atoms with van der Waals surface area (Å²) in [7, 11) is 1.33. The van der Waals surface area contributed by atoms with E-state index in [4.69, 9.17) is 4.74 Å². The molecule has 2 heterocycles. The van der Waals surface area contributed by atoms with Gasteiger partial charge in [-0.05, 0) is 36.4 Å². The SMILES string of the molecule is COc1cc2cccnc2n(-c2cccc(C(F)(F)F)c2)c1=O. The maximum atomic E-state index is 12.9. The van der Waals surface area contributed by atoms with Crippen molar-refractivity contribution in [2.24, 2.45) is 0 Å². The lowest BCUT2D eigenvalue weighted by atomic mass is 10.2. The third-order valence-corrected chi connectivity index (χ3v) is 3.38. The van der Waals surface area contributed by atoms with Crippen LogP contribution in [0, 0.1) is 0 Å². The third kappa shape index (κ3) is 2.65. The number of rotatable bonds is 2. The van der Waals surface area contributed by atoms with Gasteiger partial charge in [0.05, 0.1) is 18.4 Å². The largest absolute Gasteiger partial charge is 0.491 e. The molecule has 0 radical (unpaired) electrons. The second kappa shape index (κ2) is 5.42. The molecule has 2 aromatic heterocycles. The Morgan fingerprint density at radius 1 is 1.13 bits per heavy atom. The lowest BCUT2D eigenvalue weighted by molar-refractivity contribution is -0.137. The number of hydrogen-bond acceptors (Lipinski definition) is 3. The fraction of sp³-hybridized carbons (Fsp3) is 0.125. The first kappa shape index (κ1) is 15.1. The molecule has 0 aliphatic rings. The van der Waals surface area contributed by atoms with Gasteiger partial charge in [0.15, 0.2) is 5.75 Å². The molecule has 0 bridgehead atoms. The van der Waals surface area contributed by atoms with Crippen LogP contribution in [0.15, 0.2) is 53.5 Å². The molecule has 0 N–H and O–H groups in total. The Kier molecular flexibility index (Phi) is 3.55. The van der Waals surface area contributed by atoms with Gasteiger partial charge in [0, 0.05) is 11.6 Å². The van der Waals surface area contributed by atoms with E-state index in [-0.39, 0.29) is 17.1 Å². The summed E-state index contributed by atoms with van der Waals surface area (Å²) in [5.41, 5.74) is -1.07. The summed E-state index contributed by atoms with van der Waals surface area (Å²) in [4.78, 5) is 16.6. The zero-order valence-corrected chi connectivity index (χ0v) is 12.0. The van der Waals surface area contributed by atoms with Gasteiger partial charge in [-0.25, -0.2) is 4.98 Å². The van der Waals surface area contributed by atoms with Gasteiger partial charge < -0.3 is 4.74 Å². The molecule has 0 aliphatic carbocycles. The number of aromatic nitrogens is 2. The van der Waals surface area contributed by atoms with Crippen LogP contribution in [0.25, 0.3) is 16.7 Å². The molecule has 23 heavy (non-hydrogen) atoms. The van der Waals surface area contributed by atoms with Crippen LogP contribution in [0.2, 0.25) is 0 Å². The zero-order chi connectivity index (χ0) is 16.6. The molecule has 0 aliphatic heterocycles. The van der Waals surface area contributed by atoms with E-state index in [0.29, 0.717) is 5.39 Å². The smallest absolute Gasteiger partial charge is 0.416 e. The van der Waals surface area contributed by atoms with Crippen LogP contribution < -0.4 is 10.3 Å². The molecule has 1 aromatic carbocycles. The average Bonchev–Trinajstić information content (AvgIpc) is 2.53. The van der Waals surface area contributed by atoms with Crippen molar-refractivity contribution in [3.8, 4) is 11.4 Å². The fourth-order valence-corrected chi connectivity index (χ4v) is 2.33. The van der Waals surface area contributed by atoms with Gasteiger partial charge in [-0.15, -0.1) is 0 Å². The Balaban J connectivity index is 2.36. The van der Waals surface area contributed by atoms with Crippen LogP contribution in [-0.2, 0) is 6.18 Å². The molecule has 0 saturated heterocycles.